The zero-order chi connectivity index (χ0) is 13.1. The van der Waals surface area contributed by atoms with Crippen LogP contribution in [0, 0.1) is 11.6 Å². The summed E-state index contributed by atoms with van der Waals surface area (Å²) < 4.78 is 37.6. The molecular weight excluding hydrogens is 240 g/mol. The second-order valence-electron chi connectivity index (χ2n) is 4.32. The number of methoxy groups -OCH3 is 2. The van der Waals surface area contributed by atoms with Crippen molar-refractivity contribution in [3.05, 3.63) is 23.3 Å². The van der Waals surface area contributed by atoms with Gasteiger partial charge in [-0.3, -0.25) is 0 Å². The Morgan fingerprint density at radius 2 is 1.72 bits per heavy atom. The summed E-state index contributed by atoms with van der Waals surface area (Å²) in [6, 6.07) is 0.665. The van der Waals surface area contributed by atoms with Gasteiger partial charge >= 0.3 is 0 Å². The Morgan fingerprint density at radius 3 is 2.17 bits per heavy atom. The van der Waals surface area contributed by atoms with Crippen LogP contribution in [0.3, 0.4) is 0 Å². The van der Waals surface area contributed by atoms with E-state index in [4.69, 9.17) is 9.47 Å². The molecule has 1 heterocycles. The largest absolute Gasteiger partial charge is 0.493 e. The first-order chi connectivity index (χ1) is 8.69. The zero-order valence-corrected chi connectivity index (χ0v) is 10.6. The molecule has 1 aromatic rings. The van der Waals surface area contributed by atoms with E-state index in [-0.39, 0.29) is 17.5 Å². The molecule has 0 aromatic heterocycles. The Labute approximate surface area is 105 Å². The maximum atomic E-state index is 13.7. The Balaban J connectivity index is 2.52. The maximum absolute atomic E-state index is 13.7. The molecule has 1 unspecified atom stereocenters. The minimum Gasteiger partial charge on any atom is -0.493 e. The minimum absolute atomic E-state index is 0.0626. The average molecular weight is 257 g/mol. The lowest BCUT2D eigenvalue weighted by atomic mass is 9.95. The van der Waals surface area contributed by atoms with Crippen molar-refractivity contribution in [2.75, 3.05) is 20.8 Å². The van der Waals surface area contributed by atoms with E-state index in [0.717, 1.165) is 31.9 Å². The third-order valence-electron chi connectivity index (χ3n) is 3.24. The molecule has 1 N–H and O–H groups in total. The second-order valence-corrected chi connectivity index (χ2v) is 4.32. The predicted molar refractivity (Wildman–Crippen MR) is 64.1 cm³/mol. The number of rotatable bonds is 3. The molecule has 2 rings (SSSR count). The van der Waals surface area contributed by atoms with Crippen molar-refractivity contribution >= 4 is 0 Å². The maximum Gasteiger partial charge on any atom is 0.168 e. The third kappa shape index (κ3) is 2.27. The number of benzene rings is 1. The number of hydrogen-bond acceptors (Lipinski definition) is 3. The van der Waals surface area contributed by atoms with Crippen LogP contribution in [-0.2, 0) is 0 Å². The van der Waals surface area contributed by atoms with Gasteiger partial charge < -0.3 is 14.8 Å². The van der Waals surface area contributed by atoms with Crippen LogP contribution in [0.1, 0.15) is 30.9 Å². The SMILES string of the molecule is COc1c(F)cc(F)c(OC)c1C1CCCCN1. The fraction of sp³-hybridized carbons (Fsp3) is 0.538. The molecule has 0 saturated carbocycles. The van der Waals surface area contributed by atoms with Crippen molar-refractivity contribution in [2.45, 2.75) is 25.3 Å². The summed E-state index contributed by atoms with van der Waals surface area (Å²) in [5, 5.41) is 3.25. The molecule has 1 atom stereocenters. The lowest BCUT2D eigenvalue weighted by Gasteiger charge is -2.27. The van der Waals surface area contributed by atoms with E-state index >= 15 is 0 Å². The number of halogens is 2. The summed E-state index contributed by atoms with van der Waals surface area (Å²) in [6.45, 7) is 0.828. The van der Waals surface area contributed by atoms with E-state index in [9.17, 15) is 8.78 Å². The topological polar surface area (TPSA) is 30.5 Å². The second kappa shape index (κ2) is 5.52. The molecule has 18 heavy (non-hydrogen) atoms. The Bertz CT molecular complexity index is 403. The van der Waals surface area contributed by atoms with Crippen LogP contribution >= 0.6 is 0 Å². The number of nitrogens with one attached hydrogen (secondary N) is 1. The van der Waals surface area contributed by atoms with E-state index in [1.807, 2.05) is 0 Å². The third-order valence-corrected chi connectivity index (χ3v) is 3.24. The summed E-state index contributed by atoms with van der Waals surface area (Å²) in [6.07, 6.45) is 2.90. The van der Waals surface area contributed by atoms with Gasteiger partial charge in [0.05, 0.1) is 19.8 Å². The predicted octanol–water partition coefficient (Wildman–Crippen LogP) is 2.80. The van der Waals surface area contributed by atoms with Gasteiger partial charge in [-0.05, 0) is 19.4 Å². The molecule has 1 fully saturated rings. The van der Waals surface area contributed by atoms with Gasteiger partial charge in [-0.25, -0.2) is 8.78 Å². The van der Waals surface area contributed by atoms with Crippen LogP contribution < -0.4 is 14.8 Å². The zero-order valence-electron chi connectivity index (χ0n) is 10.6. The van der Waals surface area contributed by atoms with Crippen LogP contribution in [0.4, 0.5) is 8.78 Å². The highest BCUT2D eigenvalue weighted by Crippen LogP contribution is 2.40. The molecular formula is C13H17F2NO2. The van der Waals surface area contributed by atoms with E-state index in [0.29, 0.717) is 5.56 Å². The lowest BCUT2D eigenvalue weighted by Crippen LogP contribution is -2.28. The molecule has 1 aliphatic rings. The molecule has 5 heteroatoms. The molecule has 1 saturated heterocycles. The van der Waals surface area contributed by atoms with E-state index in [2.05, 4.69) is 5.32 Å². The smallest absolute Gasteiger partial charge is 0.168 e. The fourth-order valence-corrected chi connectivity index (χ4v) is 2.43. The van der Waals surface area contributed by atoms with Gasteiger partial charge in [-0.1, -0.05) is 6.42 Å². The number of ether oxygens (including phenoxy) is 2. The van der Waals surface area contributed by atoms with Crippen molar-refractivity contribution in [1.82, 2.24) is 5.32 Å². The van der Waals surface area contributed by atoms with Crippen LogP contribution in [-0.4, -0.2) is 20.8 Å². The molecule has 1 aromatic carbocycles. The van der Waals surface area contributed by atoms with E-state index < -0.39 is 11.6 Å². The first-order valence-electron chi connectivity index (χ1n) is 6.02. The van der Waals surface area contributed by atoms with Crippen LogP contribution in [0.15, 0.2) is 6.07 Å². The summed E-state index contributed by atoms with van der Waals surface area (Å²) >= 11 is 0. The lowest BCUT2D eigenvalue weighted by molar-refractivity contribution is 0.323. The molecule has 100 valence electrons. The molecule has 0 bridgehead atoms. The molecule has 0 spiro atoms. The highest BCUT2D eigenvalue weighted by molar-refractivity contribution is 5.49. The van der Waals surface area contributed by atoms with Gasteiger partial charge in [0, 0.05) is 12.1 Å². The Kier molecular flexibility index (Phi) is 4.01. The van der Waals surface area contributed by atoms with Crippen molar-refractivity contribution in [3.8, 4) is 11.5 Å². The first-order valence-corrected chi connectivity index (χ1v) is 6.02. The Hall–Kier alpha value is -1.36. The van der Waals surface area contributed by atoms with Gasteiger partial charge in [0.1, 0.15) is 0 Å². The van der Waals surface area contributed by atoms with Gasteiger partial charge in [-0.2, -0.15) is 0 Å². The number of piperidine rings is 1. The van der Waals surface area contributed by atoms with E-state index in [1.165, 1.54) is 14.2 Å². The highest BCUT2D eigenvalue weighted by atomic mass is 19.1. The minimum atomic E-state index is -0.696. The Morgan fingerprint density at radius 1 is 1.11 bits per heavy atom. The van der Waals surface area contributed by atoms with Crippen molar-refractivity contribution in [3.63, 3.8) is 0 Å². The summed E-state index contributed by atoms with van der Waals surface area (Å²) in [5.41, 5.74) is 0.442. The van der Waals surface area contributed by atoms with E-state index in [1.54, 1.807) is 0 Å². The molecule has 1 aliphatic heterocycles. The summed E-state index contributed by atoms with van der Waals surface area (Å²) in [5.74, 6) is -1.27. The van der Waals surface area contributed by atoms with Gasteiger partial charge in [-0.15, -0.1) is 0 Å². The van der Waals surface area contributed by atoms with Crippen LogP contribution in [0.25, 0.3) is 0 Å². The van der Waals surface area contributed by atoms with Crippen molar-refractivity contribution in [2.24, 2.45) is 0 Å². The monoisotopic (exact) mass is 257 g/mol. The number of hydrogen-bond donors (Lipinski definition) is 1. The van der Waals surface area contributed by atoms with Crippen molar-refractivity contribution in [1.29, 1.82) is 0 Å². The average Bonchev–Trinajstić information content (AvgIpc) is 2.39. The molecule has 0 amide bonds. The standard InChI is InChI=1S/C13H17F2NO2/c1-17-12-8(14)7-9(15)13(18-2)11(12)10-5-3-4-6-16-10/h7,10,16H,3-6H2,1-2H3. The highest BCUT2D eigenvalue weighted by Gasteiger charge is 2.27. The summed E-state index contributed by atoms with van der Waals surface area (Å²) in [7, 11) is 2.75. The molecule has 3 nitrogen and oxygen atoms in total. The van der Waals surface area contributed by atoms with Gasteiger partial charge in [0.15, 0.2) is 23.1 Å². The van der Waals surface area contributed by atoms with Crippen LogP contribution in [0.2, 0.25) is 0 Å². The normalized spacial score (nSPS) is 19.7. The van der Waals surface area contributed by atoms with Gasteiger partial charge in [0.25, 0.3) is 0 Å². The van der Waals surface area contributed by atoms with Crippen LogP contribution in [0.5, 0.6) is 11.5 Å². The van der Waals surface area contributed by atoms with Gasteiger partial charge in [0.2, 0.25) is 0 Å². The molecule has 0 radical (unpaired) electrons. The van der Waals surface area contributed by atoms with Crippen molar-refractivity contribution < 1.29 is 18.3 Å². The molecule has 0 aliphatic carbocycles. The summed E-state index contributed by atoms with van der Waals surface area (Å²) in [4.78, 5) is 0. The first kappa shape index (κ1) is 13.1. The quantitative estimate of drug-likeness (QED) is 0.903. The fourth-order valence-electron chi connectivity index (χ4n) is 2.43.